The van der Waals surface area contributed by atoms with Gasteiger partial charge >= 0.3 is 0 Å². The zero-order chi connectivity index (χ0) is 9.30. The number of Topliss-reactive ketones (excluding diaryl/α,β-unsaturated/α-hetero) is 1. The first-order chi connectivity index (χ1) is 5.52. The van der Waals surface area contributed by atoms with Crippen LogP contribution >= 0.6 is 0 Å². The van der Waals surface area contributed by atoms with Gasteiger partial charge in [0, 0.05) is 12.3 Å². The number of carbonyl (C=O) groups excluding carboxylic acids is 1. The highest BCUT2D eigenvalue weighted by Gasteiger charge is 2.30. The van der Waals surface area contributed by atoms with E-state index in [1.807, 2.05) is 13.8 Å². The summed E-state index contributed by atoms with van der Waals surface area (Å²) in [4.78, 5) is 11.5. The summed E-state index contributed by atoms with van der Waals surface area (Å²) in [6.07, 6.45) is 1.86. The molecule has 0 N–H and O–H groups in total. The zero-order valence-corrected chi connectivity index (χ0v) is 8.26. The standard InChI is InChI=1S/C11H18O/c1-7(2)10-5-8(3)9(4)11(12)6-10/h8-10H,1,5-6H2,2-4H3/t8?,9?,10-/m1/s1. The third-order valence-corrected chi connectivity index (χ3v) is 3.16. The third-order valence-electron chi connectivity index (χ3n) is 3.16. The number of ketones is 1. The van der Waals surface area contributed by atoms with Crippen molar-refractivity contribution in [3.8, 4) is 0 Å². The normalized spacial score (nSPS) is 36.6. The quantitative estimate of drug-likeness (QED) is 0.547. The monoisotopic (exact) mass is 166 g/mol. The van der Waals surface area contributed by atoms with Crippen LogP contribution < -0.4 is 0 Å². The molecular weight excluding hydrogens is 148 g/mol. The topological polar surface area (TPSA) is 17.1 Å². The van der Waals surface area contributed by atoms with Crippen LogP contribution in [0.3, 0.4) is 0 Å². The molecule has 0 radical (unpaired) electrons. The molecule has 0 aromatic rings. The fourth-order valence-corrected chi connectivity index (χ4v) is 1.86. The number of rotatable bonds is 1. The highest BCUT2D eigenvalue weighted by molar-refractivity contribution is 5.82. The van der Waals surface area contributed by atoms with E-state index >= 15 is 0 Å². The average molecular weight is 166 g/mol. The molecule has 1 nitrogen and oxygen atoms in total. The lowest BCUT2D eigenvalue weighted by molar-refractivity contribution is -0.126. The Morgan fingerprint density at radius 2 is 2.08 bits per heavy atom. The van der Waals surface area contributed by atoms with E-state index in [0.29, 0.717) is 17.6 Å². The molecule has 0 amide bonds. The molecular formula is C11H18O. The highest BCUT2D eigenvalue weighted by atomic mass is 16.1. The Labute approximate surface area is 74.9 Å². The second kappa shape index (κ2) is 3.42. The van der Waals surface area contributed by atoms with E-state index in [-0.39, 0.29) is 5.92 Å². The SMILES string of the molecule is C=C(C)[C@H]1CC(=O)C(C)C(C)C1. The number of allylic oxidation sites excluding steroid dienone is 1. The molecule has 1 saturated carbocycles. The summed E-state index contributed by atoms with van der Waals surface area (Å²) in [5.74, 6) is 1.67. The molecule has 0 saturated heterocycles. The van der Waals surface area contributed by atoms with E-state index in [0.717, 1.165) is 12.8 Å². The lowest BCUT2D eigenvalue weighted by atomic mass is 9.73. The second-order valence-corrected chi connectivity index (χ2v) is 4.22. The Morgan fingerprint density at radius 3 is 2.50 bits per heavy atom. The molecule has 0 aromatic heterocycles. The Balaban J connectivity index is 2.66. The van der Waals surface area contributed by atoms with Crippen molar-refractivity contribution in [2.24, 2.45) is 17.8 Å². The predicted octanol–water partition coefficient (Wildman–Crippen LogP) is 2.81. The maximum atomic E-state index is 11.5. The van der Waals surface area contributed by atoms with E-state index in [2.05, 4.69) is 13.5 Å². The van der Waals surface area contributed by atoms with Gasteiger partial charge in [-0.1, -0.05) is 26.0 Å². The van der Waals surface area contributed by atoms with E-state index in [9.17, 15) is 4.79 Å². The molecule has 0 heterocycles. The molecule has 1 aliphatic carbocycles. The largest absolute Gasteiger partial charge is 0.299 e. The maximum absolute atomic E-state index is 11.5. The minimum atomic E-state index is 0.264. The van der Waals surface area contributed by atoms with Gasteiger partial charge in [0.25, 0.3) is 0 Å². The molecule has 1 heteroatoms. The van der Waals surface area contributed by atoms with E-state index in [1.165, 1.54) is 5.57 Å². The number of hydrogen-bond acceptors (Lipinski definition) is 1. The van der Waals surface area contributed by atoms with Crippen LogP contribution in [-0.2, 0) is 4.79 Å². The smallest absolute Gasteiger partial charge is 0.136 e. The molecule has 1 rings (SSSR count). The van der Waals surface area contributed by atoms with Crippen molar-refractivity contribution in [3.63, 3.8) is 0 Å². The Bertz CT molecular complexity index is 205. The molecule has 0 aliphatic heterocycles. The zero-order valence-electron chi connectivity index (χ0n) is 8.26. The summed E-state index contributed by atoms with van der Waals surface area (Å²) < 4.78 is 0. The molecule has 12 heavy (non-hydrogen) atoms. The molecule has 1 aliphatic rings. The summed E-state index contributed by atoms with van der Waals surface area (Å²) in [5.41, 5.74) is 1.17. The van der Waals surface area contributed by atoms with Gasteiger partial charge in [0.15, 0.2) is 0 Å². The van der Waals surface area contributed by atoms with Crippen LogP contribution in [0.4, 0.5) is 0 Å². The number of carbonyl (C=O) groups is 1. The third kappa shape index (κ3) is 1.77. The Morgan fingerprint density at radius 1 is 1.50 bits per heavy atom. The minimum absolute atomic E-state index is 0.264. The summed E-state index contributed by atoms with van der Waals surface area (Å²) in [7, 11) is 0. The van der Waals surface area contributed by atoms with Gasteiger partial charge in [-0.3, -0.25) is 4.79 Å². The van der Waals surface area contributed by atoms with Crippen molar-refractivity contribution in [2.75, 3.05) is 0 Å². The van der Waals surface area contributed by atoms with Crippen molar-refractivity contribution >= 4 is 5.78 Å². The highest BCUT2D eigenvalue weighted by Crippen LogP contribution is 2.33. The van der Waals surface area contributed by atoms with Crippen LogP contribution in [0.5, 0.6) is 0 Å². The second-order valence-electron chi connectivity index (χ2n) is 4.22. The van der Waals surface area contributed by atoms with Crippen LogP contribution in [0, 0.1) is 17.8 Å². The van der Waals surface area contributed by atoms with E-state index in [4.69, 9.17) is 0 Å². The molecule has 1 fully saturated rings. The first kappa shape index (κ1) is 9.50. The van der Waals surface area contributed by atoms with E-state index in [1.54, 1.807) is 0 Å². The summed E-state index contributed by atoms with van der Waals surface area (Å²) >= 11 is 0. The van der Waals surface area contributed by atoms with Crippen molar-refractivity contribution in [3.05, 3.63) is 12.2 Å². The van der Waals surface area contributed by atoms with Gasteiger partial charge in [0.05, 0.1) is 0 Å². The van der Waals surface area contributed by atoms with Crippen LogP contribution in [-0.4, -0.2) is 5.78 Å². The minimum Gasteiger partial charge on any atom is -0.299 e. The molecule has 0 aromatic carbocycles. The van der Waals surface area contributed by atoms with Gasteiger partial charge in [0.2, 0.25) is 0 Å². The molecule has 3 atom stereocenters. The van der Waals surface area contributed by atoms with E-state index < -0.39 is 0 Å². The molecule has 68 valence electrons. The Hall–Kier alpha value is -0.590. The van der Waals surface area contributed by atoms with Gasteiger partial charge in [-0.25, -0.2) is 0 Å². The van der Waals surface area contributed by atoms with Crippen molar-refractivity contribution in [2.45, 2.75) is 33.6 Å². The van der Waals surface area contributed by atoms with Gasteiger partial charge in [-0.15, -0.1) is 0 Å². The van der Waals surface area contributed by atoms with Crippen molar-refractivity contribution < 1.29 is 4.79 Å². The van der Waals surface area contributed by atoms with Gasteiger partial charge in [0.1, 0.15) is 5.78 Å². The first-order valence-electron chi connectivity index (χ1n) is 4.70. The lowest BCUT2D eigenvalue weighted by Crippen LogP contribution is -2.29. The molecule has 0 bridgehead atoms. The van der Waals surface area contributed by atoms with Crippen LogP contribution in [0.2, 0.25) is 0 Å². The van der Waals surface area contributed by atoms with Gasteiger partial charge < -0.3 is 0 Å². The van der Waals surface area contributed by atoms with Crippen LogP contribution in [0.15, 0.2) is 12.2 Å². The fourth-order valence-electron chi connectivity index (χ4n) is 1.86. The van der Waals surface area contributed by atoms with Crippen LogP contribution in [0.25, 0.3) is 0 Å². The fraction of sp³-hybridized carbons (Fsp3) is 0.727. The lowest BCUT2D eigenvalue weighted by Gasteiger charge is -2.31. The van der Waals surface area contributed by atoms with Crippen molar-refractivity contribution in [1.82, 2.24) is 0 Å². The summed E-state index contributed by atoms with van der Waals surface area (Å²) in [6.45, 7) is 10.2. The Kier molecular flexibility index (Phi) is 2.71. The van der Waals surface area contributed by atoms with Crippen molar-refractivity contribution in [1.29, 1.82) is 0 Å². The van der Waals surface area contributed by atoms with Gasteiger partial charge in [-0.05, 0) is 25.2 Å². The number of hydrogen-bond donors (Lipinski definition) is 0. The predicted molar refractivity (Wildman–Crippen MR) is 50.9 cm³/mol. The molecule has 0 spiro atoms. The summed E-state index contributed by atoms with van der Waals surface area (Å²) in [5, 5.41) is 0. The van der Waals surface area contributed by atoms with Gasteiger partial charge in [-0.2, -0.15) is 0 Å². The summed E-state index contributed by atoms with van der Waals surface area (Å²) in [6, 6.07) is 0. The van der Waals surface area contributed by atoms with Crippen LogP contribution in [0.1, 0.15) is 33.6 Å². The maximum Gasteiger partial charge on any atom is 0.136 e. The molecule has 2 unspecified atom stereocenters. The first-order valence-corrected chi connectivity index (χ1v) is 4.70. The average Bonchev–Trinajstić information content (AvgIpc) is 1.99.